The van der Waals surface area contributed by atoms with E-state index >= 15 is 0 Å². The largest absolute Gasteiger partial charge is 0.370 e. The molecule has 0 aliphatic carbocycles. The van der Waals surface area contributed by atoms with E-state index in [1.807, 2.05) is 0 Å². The van der Waals surface area contributed by atoms with Gasteiger partial charge in [0.15, 0.2) is 5.96 Å². The van der Waals surface area contributed by atoms with Crippen LogP contribution in [0.15, 0.2) is 21.8 Å². The third-order valence-electron chi connectivity index (χ3n) is 1.54. The summed E-state index contributed by atoms with van der Waals surface area (Å²) in [6.45, 7) is 1.39. The number of hydrogen-bond acceptors (Lipinski definition) is 3. The normalized spacial score (nSPS) is 9.85. The summed E-state index contributed by atoms with van der Waals surface area (Å²) < 4.78 is 0. The number of nitrogens with zero attached hydrogens (tertiary/aromatic N) is 1. The molecule has 0 saturated carbocycles. The van der Waals surface area contributed by atoms with E-state index in [9.17, 15) is 0 Å². The highest BCUT2D eigenvalue weighted by Crippen LogP contribution is 2.05. The Bertz CT molecular complexity index is 251. The van der Waals surface area contributed by atoms with Crippen LogP contribution in [0.25, 0.3) is 0 Å². The summed E-state index contributed by atoms with van der Waals surface area (Å²) in [6.07, 6.45) is 1.02. The molecule has 5 heteroatoms. The van der Waals surface area contributed by atoms with Gasteiger partial charge in [-0.05, 0) is 28.8 Å². The molecule has 1 rings (SSSR count). The topological polar surface area (TPSA) is 76.4 Å². The Balaban J connectivity index is 2.05. The predicted molar refractivity (Wildman–Crippen MR) is 56.7 cm³/mol. The molecule has 0 unspecified atom stereocenters. The molecule has 0 saturated heterocycles. The van der Waals surface area contributed by atoms with Gasteiger partial charge in [0.1, 0.15) is 0 Å². The smallest absolute Gasteiger partial charge is 0.187 e. The minimum atomic E-state index is 0.128. The number of rotatable bonds is 5. The van der Waals surface area contributed by atoms with Gasteiger partial charge >= 0.3 is 0 Å². The van der Waals surface area contributed by atoms with Crippen molar-refractivity contribution in [2.24, 2.45) is 16.5 Å². The van der Waals surface area contributed by atoms with Crippen molar-refractivity contribution in [1.82, 2.24) is 5.32 Å². The van der Waals surface area contributed by atoms with E-state index in [-0.39, 0.29) is 5.96 Å². The van der Waals surface area contributed by atoms with Crippen LogP contribution in [0, 0.1) is 0 Å². The molecule has 1 aromatic heterocycles. The van der Waals surface area contributed by atoms with Crippen LogP contribution in [0.5, 0.6) is 0 Å². The van der Waals surface area contributed by atoms with Gasteiger partial charge in [0.05, 0.1) is 6.67 Å². The second-order valence-corrected chi connectivity index (χ2v) is 3.40. The van der Waals surface area contributed by atoms with Crippen LogP contribution in [-0.4, -0.2) is 19.2 Å². The van der Waals surface area contributed by atoms with Gasteiger partial charge in [-0.15, -0.1) is 0 Å². The van der Waals surface area contributed by atoms with Crippen molar-refractivity contribution in [3.05, 3.63) is 22.4 Å². The number of guanidine groups is 1. The maximum absolute atomic E-state index is 5.16. The van der Waals surface area contributed by atoms with Gasteiger partial charge < -0.3 is 11.5 Å². The summed E-state index contributed by atoms with van der Waals surface area (Å²) in [5.41, 5.74) is 11.7. The molecule has 1 heterocycles. The highest BCUT2D eigenvalue weighted by Gasteiger charge is 1.91. The first-order valence-electron chi connectivity index (χ1n) is 4.06. The van der Waals surface area contributed by atoms with Crippen LogP contribution in [0.3, 0.4) is 0 Å². The lowest BCUT2D eigenvalue weighted by molar-refractivity contribution is 0.702. The summed E-state index contributed by atoms with van der Waals surface area (Å²) in [7, 11) is 0. The zero-order valence-electron chi connectivity index (χ0n) is 7.36. The van der Waals surface area contributed by atoms with Gasteiger partial charge in [-0.3, -0.25) is 5.32 Å². The number of thiophene rings is 1. The molecule has 72 valence electrons. The molecule has 0 fully saturated rings. The molecule has 4 nitrogen and oxygen atoms in total. The van der Waals surface area contributed by atoms with Gasteiger partial charge in [0, 0.05) is 6.54 Å². The Hall–Kier alpha value is -1.07. The quantitative estimate of drug-likeness (QED) is 0.357. The van der Waals surface area contributed by atoms with Crippen molar-refractivity contribution in [2.45, 2.75) is 6.42 Å². The van der Waals surface area contributed by atoms with Crippen LogP contribution >= 0.6 is 11.3 Å². The van der Waals surface area contributed by atoms with Crippen molar-refractivity contribution >= 4 is 17.3 Å². The van der Waals surface area contributed by atoms with E-state index in [1.54, 1.807) is 11.3 Å². The van der Waals surface area contributed by atoms with Crippen LogP contribution < -0.4 is 16.8 Å². The molecule has 1 aromatic rings. The molecule has 0 radical (unpaired) electrons. The van der Waals surface area contributed by atoms with Crippen molar-refractivity contribution < 1.29 is 0 Å². The summed E-state index contributed by atoms with van der Waals surface area (Å²) in [5, 5.41) is 7.33. The molecule has 0 aromatic carbocycles. The fourth-order valence-corrected chi connectivity index (χ4v) is 1.60. The fourth-order valence-electron chi connectivity index (χ4n) is 0.894. The molecule has 0 amide bonds. The van der Waals surface area contributed by atoms with Crippen LogP contribution in [-0.2, 0) is 6.42 Å². The standard InChI is InChI=1S/C8H14N4S/c9-8(10)12-6-11-3-1-7-2-4-13-5-7/h2,4-5,11H,1,3,6H2,(H4,9,10,12). The predicted octanol–water partition coefficient (Wildman–Crippen LogP) is 0.111. The van der Waals surface area contributed by atoms with E-state index < -0.39 is 0 Å². The van der Waals surface area contributed by atoms with Gasteiger partial charge in [0.25, 0.3) is 0 Å². The first-order chi connectivity index (χ1) is 6.29. The second-order valence-electron chi connectivity index (χ2n) is 2.62. The van der Waals surface area contributed by atoms with E-state index in [0.29, 0.717) is 6.67 Å². The minimum absolute atomic E-state index is 0.128. The molecule has 0 bridgehead atoms. The summed E-state index contributed by atoms with van der Waals surface area (Å²) in [4.78, 5) is 3.81. The maximum atomic E-state index is 5.16. The zero-order chi connectivity index (χ0) is 9.52. The van der Waals surface area contributed by atoms with E-state index in [0.717, 1.165) is 13.0 Å². The Morgan fingerprint density at radius 1 is 1.54 bits per heavy atom. The number of hydrogen-bond donors (Lipinski definition) is 3. The SMILES string of the molecule is NC(N)=NCNCCc1ccsc1. The monoisotopic (exact) mass is 198 g/mol. The Morgan fingerprint density at radius 2 is 2.38 bits per heavy atom. The van der Waals surface area contributed by atoms with E-state index in [1.165, 1.54) is 5.56 Å². The molecular formula is C8H14N4S. The summed E-state index contributed by atoms with van der Waals surface area (Å²) in [5.74, 6) is 0.128. The van der Waals surface area contributed by atoms with Gasteiger partial charge in [0.2, 0.25) is 0 Å². The summed E-state index contributed by atoms with van der Waals surface area (Å²) >= 11 is 1.71. The average molecular weight is 198 g/mol. The van der Waals surface area contributed by atoms with E-state index in [4.69, 9.17) is 11.5 Å². The van der Waals surface area contributed by atoms with Crippen molar-refractivity contribution in [3.8, 4) is 0 Å². The lowest BCUT2D eigenvalue weighted by atomic mass is 10.2. The molecule has 0 aliphatic rings. The van der Waals surface area contributed by atoms with E-state index in [2.05, 4.69) is 27.1 Å². The fraction of sp³-hybridized carbons (Fsp3) is 0.375. The van der Waals surface area contributed by atoms with Crippen molar-refractivity contribution in [1.29, 1.82) is 0 Å². The molecule has 13 heavy (non-hydrogen) atoms. The highest BCUT2D eigenvalue weighted by molar-refractivity contribution is 7.07. The van der Waals surface area contributed by atoms with Gasteiger partial charge in [-0.25, -0.2) is 4.99 Å². The third-order valence-corrected chi connectivity index (χ3v) is 2.28. The zero-order valence-corrected chi connectivity index (χ0v) is 8.18. The first-order valence-corrected chi connectivity index (χ1v) is 5.00. The van der Waals surface area contributed by atoms with Crippen LogP contribution in [0.2, 0.25) is 0 Å². The summed E-state index contributed by atoms with van der Waals surface area (Å²) in [6, 6.07) is 2.12. The number of aliphatic imine (C=N–C) groups is 1. The highest BCUT2D eigenvalue weighted by atomic mass is 32.1. The van der Waals surface area contributed by atoms with Gasteiger partial charge in [-0.2, -0.15) is 11.3 Å². The molecule has 0 atom stereocenters. The number of nitrogens with two attached hydrogens (primary N) is 2. The minimum Gasteiger partial charge on any atom is -0.370 e. The molecule has 0 spiro atoms. The molecule has 5 N–H and O–H groups in total. The van der Waals surface area contributed by atoms with Crippen molar-refractivity contribution in [2.75, 3.05) is 13.2 Å². The Kier molecular flexibility index (Phi) is 4.28. The van der Waals surface area contributed by atoms with Crippen LogP contribution in [0.4, 0.5) is 0 Å². The Labute approximate surface area is 81.7 Å². The molecule has 0 aliphatic heterocycles. The lowest BCUT2D eigenvalue weighted by Gasteiger charge is -1.99. The maximum Gasteiger partial charge on any atom is 0.187 e. The molecular weight excluding hydrogens is 184 g/mol. The van der Waals surface area contributed by atoms with Crippen molar-refractivity contribution in [3.63, 3.8) is 0 Å². The number of nitrogens with one attached hydrogen (secondary N) is 1. The second kappa shape index (κ2) is 5.55. The lowest BCUT2D eigenvalue weighted by Crippen LogP contribution is -2.26. The first kappa shape index (κ1) is 10.0. The average Bonchev–Trinajstić information content (AvgIpc) is 2.55. The van der Waals surface area contributed by atoms with Crippen LogP contribution in [0.1, 0.15) is 5.56 Å². The van der Waals surface area contributed by atoms with Gasteiger partial charge in [-0.1, -0.05) is 0 Å². The Morgan fingerprint density at radius 3 is 3.00 bits per heavy atom. The third kappa shape index (κ3) is 4.49.